The highest BCUT2D eigenvalue weighted by molar-refractivity contribution is 6.34. The molecule has 0 bridgehead atoms. The van der Waals surface area contributed by atoms with Crippen molar-refractivity contribution in [3.05, 3.63) is 82.4 Å². The molecule has 3 rings (SSSR count). The van der Waals surface area contributed by atoms with Crippen molar-refractivity contribution in [2.24, 2.45) is 5.73 Å². The topological polar surface area (TPSA) is 99.9 Å². The average Bonchev–Trinajstić information content (AvgIpc) is 2.77. The SMILES string of the molecule is COc1cc(C(=O)Nc2ccc(C(N)=O)c(Cl)c2)cc(OC)c1OCc1ccccc1. The number of methoxy groups -OCH3 is 2. The van der Waals surface area contributed by atoms with E-state index in [0.717, 1.165) is 5.56 Å². The minimum absolute atomic E-state index is 0.144. The molecule has 0 atom stereocenters. The molecule has 0 heterocycles. The molecule has 0 aliphatic rings. The number of ether oxygens (including phenoxy) is 3. The number of halogens is 1. The van der Waals surface area contributed by atoms with Crippen molar-refractivity contribution in [1.82, 2.24) is 0 Å². The van der Waals surface area contributed by atoms with Gasteiger partial charge in [0.25, 0.3) is 5.91 Å². The Morgan fingerprint density at radius 3 is 2.16 bits per heavy atom. The van der Waals surface area contributed by atoms with Gasteiger partial charge in [0.15, 0.2) is 11.5 Å². The summed E-state index contributed by atoms with van der Waals surface area (Å²) in [6, 6.07) is 17.2. The number of hydrogen-bond acceptors (Lipinski definition) is 5. The molecular formula is C23H21ClN2O5. The Kier molecular flexibility index (Phi) is 6.99. The molecule has 3 N–H and O–H groups in total. The summed E-state index contributed by atoms with van der Waals surface area (Å²) >= 11 is 6.05. The molecule has 0 unspecified atom stereocenters. The first-order valence-corrected chi connectivity index (χ1v) is 9.64. The van der Waals surface area contributed by atoms with Gasteiger partial charge in [-0.3, -0.25) is 9.59 Å². The molecule has 7 nitrogen and oxygen atoms in total. The minimum Gasteiger partial charge on any atom is -0.493 e. The molecule has 31 heavy (non-hydrogen) atoms. The Morgan fingerprint density at radius 1 is 0.968 bits per heavy atom. The first kappa shape index (κ1) is 22.0. The zero-order chi connectivity index (χ0) is 22.4. The molecule has 0 aliphatic heterocycles. The van der Waals surface area contributed by atoms with Crippen molar-refractivity contribution in [2.45, 2.75) is 6.61 Å². The number of rotatable bonds is 8. The lowest BCUT2D eigenvalue weighted by molar-refractivity contribution is 0.0998. The number of benzene rings is 3. The van der Waals surface area contributed by atoms with Gasteiger partial charge in [-0.2, -0.15) is 0 Å². The molecule has 0 aromatic heterocycles. The number of hydrogen-bond donors (Lipinski definition) is 2. The zero-order valence-electron chi connectivity index (χ0n) is 17.0. The van der Waals surface area contributed by atoms with Crippen LogP contribution in [0, 0.1) is 0 Å². The molecule has 0 saturated carbocycles. The molecule has 160 valence electrons. The van der Waals surface area contributed by atoms with Gasteiger partial charge < -0.3 is 25.3 Å². The molecule has 0 spiro atoms. The van der Waals surface area contributed by atoms with Crippen molar-refractivity contribution in [1.29, 1.82) is 0 Å². The molecule has 8 heteroatoms. The van der Waals surface area contributed by atoms with Crippen LogP contribution in [-0.4, -0.2) is 26.0 Å². The maximum atomic E-state index is 12.8. The van der Waals surface area contributed by atoms with Crippen LogP contribution in [0.2, 0.25) is 5.02 Å². The van der Waals surface area contributed by atoms with Crippen LogP contribution in [0.3, 0.4) is 0 Å². The highest BCUT2D eigenvalue weighted by Gasteiger charge is 2.18. The van der Waals surface area contributed by atoms with Crippen LogP contribution >= 0.6 is 11.6 Å². The van der Waals surface area contributed by atoms with Gasteiger partial charge >= 0.3 is 0 Å². The predicted octanol–water partition coefficient (Wildman–Crippen LogP) is 4.29. The first-order valence-electron chi connectivity index (χ1n) is 9.26. The smallest absolute Gasteiger partial charge is 0.255 e. The summed E-state index contributed by atoms with van der Waals surface area (Å²) in [5, 5.41) is 2.86. The van der Waals surface area contributed by atoms with E-state index >= 15 is 0 Å². The number of nitrogens with two attached hydrogens (primary N) is 1. The Balaban J connectivity index is 1.83. The van der Waals surface area contributed by atoms with E-state index in [-0.39, 0.29) is 16.1 Å². The van der Waals surface area contributed by atoms with E-state index < -0.39 is 11.8 Å². The van der Waals surface area contributed by atoms with Crippen molar-refractivity contribution in [2.75, 3.05) is 19.5 Å². The van der Waals surface area contributed by atoms with E-state index in [0.29, 0.717) is 29.5 Å². The summed E-state index contributed by atoms with van der Waals surface area (Å²) in [7, 11) is 2.96. The molecule has 0 radical (unpaired) electrons. The van der Waals surface area contributed by atoms with Gasteiger partial charge in [0.05, 0.1) is 24.8 Å². The molecule has 0 fully saturated rings. The molecule has 0 saturated heterocycles. The monoisotopic (exact) mass is 440 g/mol. The molecule has 3 aromatic rings. The van der Waals surface area contributed by atoms with E-state index in [1.807, 2.05) is 30.3 Å². The summed E-state index contributed by atoms with van der Waals surface area (Å²) in [6.45, 7) is 0.309. The van der Waals surface area contributed by atoms with Crippen molar-refractivity contribution < 1.29 is 23.8 Å². The number of primary amides is 1. The lowest BCUT2D eigenvalue weighted by Gasteiger charge is -2.16. The van der Waals surface area contributed by atoms with Gasteiger partial charge in [-0.15, -0.1) is 0 Å². The number of anilines is 1. The van der Waals surface area contributed by atoms with Crippen LogP contribution in [0.5, 0.6) is 17.2 Å². The van der Waals surface area contributed by atoms with Gasteiger partial charge in [-0.25, -0.2) is 0 Å². The van der Waals surface area contributed by atoms with Crippen molar-refractivity contribution in [3.8, 4) is 17.2 Å². The van der Waals surface area contributed by atoms with Gasteiger partial charge in [0, 0.05) is 11.3 Å². The number of carbonyl (C=O) groups is 2. The fourth-order valence-corrected chi connectivity index (χ4v) is 3.15. The van der Waals surface area contributed by atoms with E-state index in [9.17, 15) is 9.59 Å². The van der Waals surface area contributed by atoms with Crippen LogP contribution in [-0.2, 0) is 6.61 Å². The van der Waals surface area contributed by atoms with E-state index in [4.69, 9.17) is 31.5 Å². The second kappa shape index (κ2) is 9.86. The third-order valence-corrected chi connectivity index (χ3v) is 4.75. The molecule has 0 aliphatic carbocycles. The first-order chi connectivity index (χ1) is 14.9. The highest BCUT2D eigenvalue weighted by atomic mass is 35.5. The summed E-state index contributed by atoms with van der Waals surface area (Å²) < 4.78 is 16.7. The number of nitrogens with one attached hydrogen (secondary N) is 1. The highest BCUT2D eigenvalue weighted by Crippen LogP contribution is 2.39. The summed E-state index contributed by atoms with van der Waals surface area (Å²) in [5.74, 6) is 0.0156. The minimum atomic E-state index is -0.650. The lowest BCUT2D eigenvalue weighted by atomic mass is 10.1. The van der Waals surface area contributed by atoms with Crippen LogP contribution in [0.25, 0.3) is 0 Å². The van der Waals surface area contributed by atoms with Crippen LogP contribution < -0.4 is 25.3 Å². The largest absolute Gasteiger partial charge is 0.493 e. The van der Waals surface area contributed by atoms with E-state index in [2.05, 4.69) is 5.32 Å². The molecule has 2 amide bonds. The van der Waals surface area contributed by atoms with E-state index in [1.54, 1.807) is 12.1 Å². The van der Waals surface area contributed by atoms with Crippen LogP contribution in [0.4, 0.5) is 5.69 Å². The number of carbonyl (C=O) groups excluding carboxylic acids is 2. The van der Waals surface area contributed by atoms with Crippen LogP contribution in [0.15, 0.2) is 60.7 Å². The fourth-order valence-electron chi connectivity index (χ4n) is 2.88. The molecule has 3 aromatic carbocycles. The summed E-state index contributed by atoms with van der Waals surface area (Å²) in [5.41, 5.74) is 7.09. The Morgan fingerprint density at radius 2 is 1.61 bits per heavy atom. The Bertz CT molecular complexity index is 1080. The second-order valence-electron chi connectivity index (χ2n) is 6.50. The third-order valence-electron chi connectivity index (χ3n) is 4.44. The van der Waals surface area contributed by atoms with Gasteiger partial charge in [0.1, 0.15) is 6.61 Å². The van der Waals surface area contributed by atoms with Gasteiger partial charge in [-0.05, 0) is 35.9 Å². The fraction of sp³-hybridized carbons (Fsp3) is 0.130. The van der Waals surface area contributed by atoms with Crippen molar-refractivity contribution in [3.63, 3.8) is 0 Å². The summed E-state index contributed by atoms with van der Waals surface area (Å²) in [6.07, 6.45) is 0. The quantitative estimate of drug-likeness (QED) is 0.544. The zero-order valence-corrected chi connectivity index (χ0v) is 17.7. The average molecular weight is 441 g/mol. The van der Waals surface area contributed by atoms with Gasteiger partial charge in [-0.1, -0.05) is 41.9 Å². The maximum Gasteiger partial charge on any atom is 0.255 e. The third kappa shape index (κ3) is 5.26. The van der Waals surface area contributed by atoms with Gasteiger partial charge in [0.2, 0.25) is 11.7 Å². The van der Waals surface area contributed by atoms with Crippen LogP contribution in [0.1, 0.15) is 26.3 Å². The van der Waals surface area contributed by atoms with Crippen molar-refractivity contribution >= 4 is 29.1 Å². The number of amides is 2. The second-order valence-corrected chi connectivity index (χ2v) is 6.90. The van der Waals surface area contributed by atoms with E-state index in [1.165, 1.54) is 32.4 Å². The molecular weight excluding hydrogens is 420 g/mol. The lowest BCUT2D eigenvalue weighted by Crippen LogP contribution is -2.14. The predicted molar refractivity (Wildman–Crippen MR) is 118 cm³/mol. The summed E-state index contributed by atoms with van der Waals surface area (Å²) in [4.78, 5) is 24.1. The Labute approximate surface area is 184 Å². The standard InChI is InChI=1S/C23H21ClN2O5/c1-29-19-10-15(23(28)26-16-8-9-17(22(25)27)18(24)12-16)11-20(30-2)21(19)31-13-14-6-4-3-5-7-14/h3-12H,13H2,1-2H3,(H2,25,27)(H,26,28). The normalized spacial score (nSPS) is 10.3. The Hall–Kier alpha value is -3.71. The maximum absolute atomic E-state index is 12.8.